The Bertz CT molecular complexity index is 821. The van der Waals surface area contributed by atoms with Crippen LogP contribution in [0.25, 0.3) is 0 Å². The van der Waals surface area contributed by atoms with Crippen LogP contribution in [-0.4, -0.2) is 31.6 Å². The van der Waals surface area contributed by atoms with Crippen molar-refractivity contribution >= 4 is 17.5 Å². The monoisotopic (exact) mass is 368 g/mol. The summed E-state index contributed by atoms with van der Waals surface area (Å²) in [5.41, 5.74) is 2.14. The summed E-state index contributed by atoms with van der Waals surface area (Å²) in [6.45, 7) is 2.12. The second kappa shape index (κ2) is 8.68. The van der Waals surface area contributed by atoms with E-state index >= 15 is 0 Å². The van der Waals surface area contributed by atoms with Crippen molar-refractivity contribution in [3.63, 3.8) is 0 Å². The molecule has 27 heavy (non-hydrogen) atoms. The van der Waals surface area contributed by atoms with Crippen molar-refractivity contribution in [3.8, 4) is 5.75 Å². The van der Waals surface area contributed by atoms with Gasteiger partial charge in [-0.05, 0) is 42.7 Å². The summed E-state index contributed by atoms with van der Waals surface area (Å²) in [5, 5.41) is 5.87. The van der Waals surface area contributed by atoms with E-state index in [4.69, 9.17) is 9.47 Å². The van der Waals surface area contributed by atoms with Gasteiger partial charge in [-0.25, -0.2) is 0 Å². The van der Waals surface area contributed by atoms with Gasteiger partial charge in [0.2, 0.25) is 5.91 Å². The molecule has 0 bridgehead atoms. The quantitative estimate of drug-likeness (QED) is 0.849. The Labute approximate surface area is 158 Å². The molecule has 2 atom stereocenters. The first-order valence-electron chi connectivity index (χ1n) is 9.00. The molecule has 2 aromatic carbocycles. The highest BCUT2D eigenvalue weighted by Crippen LogP contribution is 2.30. The number of benzene rings is 2. The van der Waals surface area contributed by atoms with Gasteiger partial charge in [0.15, 0.2) is 0 Å². The zero-order valence-electron chi connectivity index (χ0n) is 15.5. The number of anilines is 1. The van der Waals surface area contributed by atoms with E-state index in [1.54, 1.807) is 25.3 Å². The van der Waals surface area contributed by atoms with E-state index in [0.29, 0.717) is 30.0 Å². The van der Waals surface area contributed by atoms with Gasteiger partial charge in [0.05, 0.1) is 18.8 Å². The Morgan fingerprint density at radius 3 is 2.74 bits per heavy atom. The molecule has 2 amide bonds. The first kappa shape index (κ1) is 18.9. The molecule has 1 saturated heterocycles. The van der Waals surface area contributed by atoms with Gasteiger partial charge >= 0.3 is 0 Å². The van der Waals surface area contributed by atoms with E-state index in [1.165, 1.54) is 6.92 Å². The van der Waals surface area contributed by atoms with Crippen LogP contribution in [0.4, 0.5) is 5.69 Å². The summed E-state index contributed by atoms with van der Waals surface area (Å²) < 4.78 is 11.1. The number of amides is 2. The van der Waals surface area contributed by atoms with E-state index in [2.05, 4.69) is 10.6 Å². The van der Waals surface area contributed by atoms with E-state index < -0.39 is 0 Å². The van der Waals surface area contributed by atoms with Gasteiger partial charge < -0.3 is 20.1 Å². The minimum absolute atomic E-state index is 0.0292. The molecule has 1 aliphatic heterocycles. The fraction of sp³-hybridized carbons (Fsp3) is 0.333. The molecule has 0 aliphatic carbocycles. The van der Waals surface area contributed by atoms with Crippen LogP contribution < -0.4 is 15.4 Å². The topological polar surface area (TPSA) is 76.7 Å². The van der Waals surface area contributed by atoms with Crippen molar-refractivity contribution in [1.29, 1.82) is 0 Å². The van der Waals surface area contributed by atoms with Crippen LogP contribution in [0.1, 0.15) is 41.8 Å². The molecule has 0 spiro atoms. The SMILES string of the molecule is COc1ccccc1C(=O)Nc1cccc([C@H]2C[C@@H](NC(C)=O)CCO2)c1. The van der Waals surface area contributed by atoms with Crippen molar-refractivity contribution in [2.75, 3.05) is 19.0 Å². The fourth-order valence-corrected chi connectivity index (χ4v) is 3.30. The summed E-state index contributed by atoms with van der Waals surface area (Å²) in [6.07, 6.45) is 1.41. The van der Waals surface area contributed by atoms with Crippen LogP contribution in [-0.2, 0) is 9.53 Å². The van der Waals surface area contributed by atoms with Crippen LogP contribution >= 0.6 is 0 Å². The summed E-state index contributed by atoms with van der Waals surface area (Å²) in [7, 11) is 1.54. The molecule has 0 radical (unpaired) electrons. The summed E-state index contributed by atoms with van der Waals surface area (Å²) in [4.78, 5) is 23.9. The molecule has 2 aromatic rings. The number of para-hydroxylation sites is 1. The Morgan fingerprint density at radius 1 is 1.15 bits per heavy atom. The molecule has 6 nitrogen and oxygen atoms in total. The normalized spacial score (nSPS) is 19.2. The van der Waals surface area contributed by atoms with Gasteiger partial charge in [-0.3, -0.25) is 9.59 Å². The van der Waals surface area contributed by atoms with E-state index in [-0.39, 0.29) is 24.0 Å². The molecular formula is C21H24N2O4. The van der Waals surface area contributed by atoms with Crippen molar-refractivity contribution in [1.82, 2.24) is 5.32 Å². The Hall–Kier alpha value is -2.86. The number of hydrogen-bond donors (Lipinski definition) is 2. The zero-order valence-corrected chi connectivity index (χ0v) is 15.5. The van der Waals surface area contributed by atoms with Gasteiger partial charge in [-0.1, -0.05) is 24.3 Å². The predicted molar refractivity (Wildman–Crippen MR) is 103 cm³/mol. The Kier molecular flexibility index (Phi) is 6.08. The van der Waals surface area contributed by atoms with Crippen LogP contribution in [0, 0.1) is 0 Å². The number of ether oxygens (including phenoxy) is 2. The third-order valence-electron chi connectivity index (χ3n) is 4.56. The average molecular weight is 368 g/mol. The second-order valence-electron chi connectivity index (χ2n) is 6.56. The number of methoxy groups -OCH3 is 1. The maximum Gasteiger partial charge on any atom is 0.259 e. The van der Waals surface area contributed by atoms with Crippen LogP contribution in [0.15, 0.2) is 48.5 Å². The molecular weight excluding hydrogens is 344 g/mol. The first-order chi connectivity index (χ1) is 13.1. The number of hydrogen-bond acceptors (Lipinski definition) is 4. The predicted octanol–water partition coefficient (Wildman–Crippen LogP) is 3.30. The van der Waals surface area contributed by atoms with Crippen molar-refractivity contribution in [2.45, 2.75) is 31.9 Å². The summed E-state index contributed by atoms with van der Waals surface area (Å²) in [5.74, 6) is 0.267. The Balaban J connectivity index is 1.72. The van der Waals surface area contributed by atoms with Crippen LogP contribution in [0.5, 0.6) is 5.75 Å². The number of carbonyl (C=O) groups excluding carboxylic acids is 2. The largest absolute Gasteiger partial charge is 0.496 e. The third-order valence-corrected chi connectivity index (χ3v) is 4.56. The smallest absolute Gasteiger partial charge is 0.259 e. The van der Waals surface area contributed by atoms with Crippen molar-refractivity contribution in [3.05, 3.63) is 59.7 Å². The van der Waals surface area contributed by atoms with E-state index in [0.717, 1.165) is 12.0 Å². The highest BCUT2D eigenvalue weighted by Gasteiger charge is 2.24. The maximum absolute atomic E-state index is 12.6. The lowest BCUT2D eigenvalue weighted by Gasteiger charge is -2.30. The van der Waals surface area contributed by atoms with Gasteiger partial charge in [0, 0.05) is 25.3 Å². The molecule has 0 saturated carbocycles. The van der Waals surface area contributed by atoms with Gasteiger partial charge in [0.1, 0.15) is 5.75 Å². The number of rotatable bonds is 5. The minimum Gasteiger partial charge on any atom is -0.496 e. The maximum atomic E-state index is 12.6. The fourth-order valence-electron chi connectivity index (χ4n) is 3.30. The molecule has 142 valence electrons. The lowest BCUT2D eigenvalue weighted by atomic mass is 9.97. The van der Waals surface area contributed by atoms with Gasteiger partial charge in [-0.15, -0.1) is 0 Å². The molecule has 6 heteroatoms. The van der Waals surface area contributed by atoms with Crippen LogP contribution in [0.2, 0.25) is 0 Å². The van der Waals surface area contributed by atoms with Crippen molar-refractivity contribution in [2.24, 2.45) is 0 Å². The molecule has 1 fully saturated rings. The van der Waals surface area contributed by atoms with Gasteiger partial charge in [0.25, 0.3) is 5.91 Å². The van der Waals surface area contributed by atoms with E-state index in [1.807, 2.05) is 30.3 Å². The average Bonchev–Trinajstić information content (AvgIpc) is 2.68. The highest BCUT2D eigenvalue weighted by molar-refractivity contribution is 6.06. The number of nitrogens with one attached hydrogen (secondary N) is 2. The highest BCUT2D eigenvalue weighted by atomic mass is 16.5. The number of carbonyl (C=O) groups is 2. The zero-order chi connectivity index (χ0) is 19.2. The molecule has 1 aliphatic rings. The molecule has 2 N–H and O–H groups in total. The minimum atomic E-state index is -0.231. The first-order valence-corrected chi connectivity index (χ1v) is 9.00. The standard InChI is InChI=1S/C21H24N2O4/c1-14(24)22-17-10-11-27-20(13-17)15-6-5-7-16(12-15)23-21(25)18-8-3-4-9-19(18)26-2/h3-9,12,17,20H,10-11,13H2,1-2H3,(H,22,24)(H,23,25)/t17-,20+/m0/s1. The van der Waals surface area contributed by atoms with E-state index in [9.17, 15) is 9.59 Å². The molecule has 3 rings (SSSR count). The molecule has 0 unspecified atom stereocenters. The third kappa shape index (κ3) is 4.86. The lowest BCUT2D eigenvalue weighted by molar-refractivity contribution is -0.120. The van der Waals surface area contributed by atoms with Crippen molar-refractivity contribution < 1.29 is 19.1 Å². The molecule has 1 heterocycles. The lowest BCUT2D eigenvalue weighted by Crippen LogP contribution is -2.38. The summed E-state index contributed by atoms with van der Waals surface area (Å²) in [6, 6.07) is 14.8. The van der Waals surface area contributed by atoms with Crippen LogP contribution in [0.3, 0.4) is 0 Å². The second-order valence-corrected chi connectivity index (χ2v) is 6.56. The Morgan fingerprint density at radius 2 is 1.96 bits per heavy atom. The molecule has 0 aromatic heterocycles. The van der Waals surface area contributed by atoms with Gasteiger partial charge in [-0.2, -0.15) is 0 Å². The summed E-state index contributed by atoms with van der Waals surface area (Å²) >= 11 is 0.